The van der Waals surface area contributed by atoms with Gasteiger partial charge in [0.1, 0.15) is 6.07 Å². The number of hydrogen-bond donors (Lipinski definition) is 1. The first-order chi connectivity index (χ1) is 16.5. The van der Waals surface area contributed by atoms with Gasteiger partial charge >= 0.3 is 0 Å². The quantitative estimate of drug-likeness (QED) is 0.314. The molecule has 0 aliphatic heterocycles. The van der Waals surface area contributed by atoms with E-state index in [0.717, 1.165) is 30.8 Å². The molecule has 34 heavy (non-hydrogen) atoms. The van der Waals surface area contributed by atoms with Crippen LogP contribution in [0.25, 0.3) is 6.08 Å². The number of ketones is 1. The molecule has 0 bridgehead atoms. The number of aliphatic hydroxyl groups excluding tert-OH is 1. The number of allylic oxidation sites excluding steroid dienone is 1. The first-order valence-electron chi connectivity index (χ1n) is 11.7. The largest absolute Gasteiger partial charge is 0.396 e. The Morgan fingerprint density at radius 3 is 2.06 bits per heavy atom. The number of Topliss-reactive ketones (excluding diaryl/α,β-unsaturated/α-hetero) is 1. The molecule has 0 saturated heterocycles. The summed E-state index contributed by atoms with van der Waals surface area (Å²) in [4.78, 5) is 15.3. The minimum absolute atomic E-state index is 0.0725. The highest BCUT2D eigenvalue weighted by molar-refractivity contribution is 6.08. The van der Waals surface area contributed by atoms with E-state index in [1.807, 2.05) is 43.3 Å². The highest BCUT2D eigenvalue weighted by atomic mass is 16.3. The Hall–Kier alpha value is -3.68. The number of carbonyl (C=O) groups excluding carboxylic acids is 1. The first kappa shape index (κ1) is 23.5. The van der Waals surface area contributed by atoms with Gasteiger partial charge in [-0.1, -0.05) is 79.7 Å². The van der Waals surface area contributed by atoms with E-state index >= 15 is 0 Å². The highest BCUT2D eigenvalue weighted by Crippen LogP contribution is 2.55. The van der Waals surface area contributed by atoms with Gasteiger partial charge in [-0.25, -0.2) is 0 Å². The average Bonchev–Trinajstić information content (AvgIpc) is 3.54. The van der Waals surface area contributed by atoms with Crippen LogP contribution >= 0.6 is 0 Å². The topological polar surface area (TPSA) is 64.3 Å². The van der Waals surface area contributed by atoms with E-state index < -0.39 is 5.41 Å². The Balaban J connectivity index is 1.54. The molecular formula is C30H30N2O2. The lowest BCUT2D eigenvalue weighted by atomic mass is 9.92. The van der Waals surface area contributed by atoms with E-state index in [1.54, 1.807) is 6.08 Å². The summed E-state index contributed by atoms with van der Waals surface area (Å²) in [6, 6.07) is 30.9. The maximum atomic E-state index is 12.9. The zero-order chi connectivity index (χ0) is 24.0. The van der Waals surface area contributed by atoms with E-state index in [4.69, 9.17) is 0 Å². The predicted molar refractivity (Wildman–Crippen MR) is 136 cm³/mol. The Labute approximate surface area is 201 Å². The molecule has 1 aliphatic carbocycles. The van der Waals surface area contributed by atoms with Crippen molar-refractivity contribution in [2.24, 2.45) is 11.3 Å². The molecule has 3 aromatic rings. The molecule has 0 heterocycles. The van der Waals surface area contributed by atoms with E-state index in [1.165, 1.54) is 11.1 Å². The molecule has 2 atom stereocenters. The number of benzene rings is 3. The van der Waals surface area contributed by atoms with E-state index in [2.05, 4.69) is 59.5 Å². The number of rotatable bonds is 10. The Morgan fingerprint density at radius 1 is 1.00 bits per heavy atom. The van der Waals surface area contributed by atoms with E-state index in [9.17, 15) is 15.2 Å². The molecule has 0 aromatic heterocycles. The number of hydrogen-bond acceptors (Lipinski definition) is 4. The summed E-state index contributed by atoms with van der Waals surface area (Å²) in [5, 5.41) is 18.8. The summed E-state index contributed by atoms with van der Waals surface area (Å²) < 4.78 is 0. The van der Waals surface area contributed by atoms with Crippen LogP contribution in [0.5, 0.6) is 0 Å². The number of nitriles is 1. The number of anilines is 1. The minimum Gasteiger partial charge on any atom is -0.396 e. The predicted octanol–water partition coefficient (Wildman–Crippen LogP) is 5.78. The maximum Gasteiger partial charge on any atom is 0.179 e. The molecule has 0 radical (unpaired) electrons. The lowest BCUT2D eigenvalue weighted by Crippen LogP contribution is -2.22. The molecule has 3 aromatic carbocycles. The SMILES string of the molecule is CC1(C(=O)/C(C#N)=C/c2ccc(N(Cc3ccccc3)Cc3ccccc3)cc2)CC1CCO. The van der Waals surface area contributed by atoms with Crippen LogP contribution in [-0.2, 0) is 17.9 Å². The van der Waals surface area contributed by atoms with Gasteiger partial charge in [0, 0.05) is 30.8 Å². The molecule has 1 saturated carbocycles. The van der Waals surface area contributed by atoms with Gasteiger partial charge in [0.15, 0.2) is 5.78 Å². The van der Waals surface area contributed by atoms with Crippen LogP contribution in [0.3, 0.4) is 0 Å². The second kappa shape index (κ2) is 10.5. The summed E-state index contributed by atoms with van der Waals surface area (Å²) in [6.07, 6.45) is 3.02. The summed E-state index contributed by atoms with van der Waals surface area (Å²) in [7, 11) is 0. The van der Waals surface area contributed by atoms with Gasteiger partial charge < -0.3 is 10.0 Å². The Morgan fingerprint density at radius 2 is 1.56 bits per heavy atom. The zero-order valence-electron chi connectivity index (χ0n) is 19.5. The van der Waals surface area contributed by atoms with Gasteiger partial charge in [-0.05, 0) is 53.7 Å². The second-order valence-corrected chi connectivity index (χ2v) is 9.25. The summed E-state index contributed by atoms with van der Waals surface area (Å²) in [5.74, 6) is 0.0426. The molecule has 0 amide bonds. The molecule has 1 aliphatic rings. The van der Waals surface area contributed by atoms with Crippen molar-refractivity contribution in [1.82, 2.24) is 0 Å². The third-order valence-electron chi connectivity index (χ3n) is 6.77. The van der Waals surface area contributed by atoms with Gasteiger partial charge in [-0.3, -0.25) is 4.79 Å². The van der Waals surface area contributed by atoms with Gasteiger partial charge in [0.25, 0.3) is 0 Å². The van der Waals surface area contributed by atoms with Crippen LogP contribution < -0.4 is 4.90 Å². The molecule has 1 fully saturated rings. The molecule has 1 N–H and O–H groups in total. The molecule has 0 spiro atoms. The molecule has 2 unspecified atom stereocenters. The summed E-state index contributed by atoms with van der Waals surface area (Å²) in [6.45, 7) is 3.52. The van der Waals surface area contributed by atoms with Crippen LogP contribution in [0.4, 0.5) is 5.69 Å². The van der Waals surface area contributed by atoms with Gasteiger partial charge in [-0.15, -0.1) is 0 Å². The second-order valence-electron chi connectivity index (χ2n) is 9.25. The van der Waals surface area contributed by atoms with Crippen LogP contribution in [0.2, 0.25) is 0 Å². The zero-order valence-corrected chi connectivity index (χ0v) is 19.5. The van der Waals surface area contributed by atoms with Crippen LogP contribution in [-0.4, -0.2) is 17.5 Å². The third kappa shape index (κ3) is 5.44. The molecule has 4 nitrogen and oxygen atoms in total. The smallest absolute Gasteiger partial charge is 0.179 e. The van der Waals surface area contributed by atoms with Crippen molar-refractivity contribution in [2.45, 2.75) is 32.9 Å². The van der Waals surface area contributed by atoms with Crippen molar-refractivity contribution in [1.29, 1.82) is 5.26 Å². The Bertz CT molecular complexity index is 1140. The lowest BCUT2D eigenvalue weighted by Gasteiger charge is -2.25. The van der Waals surface area contributed by atoms with Crippen LogP contribution in [0.1, 0.15) is 36.5 Å². The Kier molecular flexibility index (Phi) is 7.25. The van der Waals surface area contributed by atoms with E-state index in [0.29, 0.717) is 6.42 Å². The molecule has 4 rings (SSSR count). The maximum absolute atomic E-state index is 12.9. The third-order valence-corrected chi connectivity index (χ3v) is 6.77. The molecular weight excluding hydrogens is 420 g/mol. The van der Waals surface area contributed by atoms with Gasteiger partial charge in [-0.2, -0.15) is 5.26 Å². The van der Waals surface area contributed by atoms with Crippen LogP contribution in [0, 0.1) is 22.7 Å². The number of aliphatic hydroxyl groups is 1. The fourth-order valence-corrected chi connectivity index (χ4v) is 4.56. The van der Waals surface area contributed by atoms with E-state index in [-0.39, 0.29) is 23.9 Å². The van der Waals surface area contributed by atoms with Crippen molar-refractivity contribution < 1.29 is 9.90 Å². The normalized spacial score (nSPS) is 19.3. The standard InChI is InChI=1S/C30H30N2O2/c1-30(19-27(30)16-17-33)29(34)26(20-31)18-23-12-14-28(15-13-23)32(21-24-8-4-2-5-9-24)22-25-10-6-3-7-11-25/h2-15,18,27,33H,16-17,19,21-22H2,1H3/b26-18+. The first-order valence-corrected chi connectivity index (χ1v) is 11.7. The summed E-state index contributed by atoms with van der Waals surface area (Å²) in [5.41, 5.74) is 4.03. The number of nitrogens with zero attached hydrogens (tertiary/aromatic N) is 2. The minimum atomic E-state index is -0.521. The van der Waals surface area contributed by atoms with Crippen molar-refractivity contribution in [3.63, 3.8) is 0 Å². The van der Waals surface area contributed by atoms with Crippen LogP contribution in [0.15, 0.2) is 90.5 Å². The van der Waals surface area contributed by atoms with Crippen molar-refractivity contribution in [3.8, 4) is 6.07 Å². The van der Waals surface area contributed by atoms with Crippen molar-refractivity contribution >= 4 is 17.5 Å². The fraction of sp³-hybridized carbons (Fsp3) is 0.267. The number of carbonyl (C=O) groups is 1. The van der Waals surface area contributed by atoms with Gasteiger partial charge in [0.05, 0.1) is 5.57 Å². The molecule has 172 valence electrons. The highest BCUT2D eigenvalue weighted by Gasteiger charge is 2.55. The summed E-state index contributed by atoms with van der Waals surface area (Å²) >= 11 is 0. The average molecular weight is 451 g/mol. The van der Waals surface area contributed by atoms with Gasteiger partial charge in [0.2, 0.25) is 0 Å². The molecule has 4 heteroatoms. The fourth-order valence-electron chi connectivity index (χ4n) is 4.56. The van der Waals surface area contributed by atoms with Crippen molar-refractivity contribution in [2.75, 3.05) is 11.5 Å². The lowest BCUT2D eigenvalue weighted by molar-refractivity contribution is -0.119. The van der Waals surface area contributed by atoms with Crippen molar-refractivity contribution in [3.05, 3.63) is 107 Å². The monoisotopic (exact) mass is 450 g/mol.